The maximum Gasteiger partial charge on any atom is 0.0517 e. The molecule has 2 heteroatoms. The first-order valence-corrected chi connectivity index (χ1v) is 6.57. The number of fused-ring (bicyclic) bond motifs is 4. The van der Waals surface area contributed by atoms with Crippen LogP contribution in [0.5, 0.6) is 0 Å². The predicted molar refractivity (Wildman–Crippen MR) is 73.9 cm³/mol. The van der Waals surface area contributed by atoms with E-state index in [1.54, 1.807) is 0 Å². The molecule has 0 unspecified atom stereocenters. The first-order chi connectivity index (χ1) is 8.25. The van der Waals surface area contributed by atoms with Crippen LogP contribution in [0.15, 0.2) is 36.4 Å². The quantitative estimate of drug-likeness (QED) is 0.616. The molecule has 3 rings (SSSR count). The molecule has 0 heterocycles. The molecule has 0 atom stereocenters. The van der Waals surface area contributed by atoms with Crippen LogP contribution >= 0.6 is 23.2 Å². The van der Waals surface area contributed by atoms with E-state index in [0.717, 1.165) is 34.9 Å². The Morgan fingerprint density at radius 3 is 2.47 bits per heavy atom. The third-order valence-corrected chi connectivity index (χ3v) is 3.98. The molecule has 2 aromatic rings. The largest absolute Gasteiger partial charge is 0.0843 e. The molecule has 0 saturated carbocycles. The average Bonchev–Trinajstić information content (AvgIpc) is 2.33. The molecule has 0 fully saturated rings. The van der Waals surface area contributed by atoms with Crippen molar-refractivity contribution in [3.05, 3.63) is 57.6 Å². The van der Waals surface area contributed by atoms with Gasteiger partial charge in [0, 0.05) is 10.6 Å². The SMILES string of the molecule is Clc1cc2c(Cl)c(c1)-c1ccccc1CCC2. The van der Waals surface area contributed by atoms with Crippen molar-refractivity contribution in [1.82, 2.24) is 0 Å². The lowest BCUT2D eigenvalue weighted by molar-refractivity contribution is 0.817. The highest BCUT2D eigenvalue weighted by molar-refractivity contribution is 6.36. The molecule has 0 aliphatic heterocycles. The third kappa shape index (κ3) is 1.96. The van der Waals surface area contributed by atoms with Crippen LogP contribution in [0.25, 0.3) is 11.1 Å². The normalized spacial score (nSPS) is 13.8. The standard InChI is InChI=1S/C15H12Cl2/c16-12-8-11-6-3-5-10-4-1-2-7-13(10)14(9-12)15(11)17/h1-2,4,7-9H,3,5-6H2. The van der Waals surface area contributed by atoms with Gasteiger partial charge in [-0.2, -0.15) is 0 Å². The molecule has 0 radical (unpaired) electrons. The van der Waals surface area contributed by atoms with Gasteiger partial charge in [-0.25, -0.2) is 0 Å². The number of benzene rings is 2. The monoisotopic (exact) mass is 262 g/mol. The van der Waals surface area contributed by atoms with Gasteiger partial charge >= 0.3 is 0 Å². The van der Waals surface area contributed by atoms with Crippen molar-refractivity contribution in [2.45, 2.75) is 19.3 Å². The minimum Gasteiger partial charge on any atom is -0.0843 e. The zero-order valence-corrected chi connectivity index (χ0v) is 10.9. The van der Waals surface area contributed by atoms with E-state index in [1.165, 1.54) is 16.7 Å². The van der Waals surface area contributed by atoms with E-state index >= 15 is 0 Å². The fourth-order valence-corrected chi connectivity index (χ4v) is 3.04. The summed E-state index contributed by atoms with van der Waals surface area (Å²) in [5.74, 6) is 0. The van der Waals surface area contributed by atoms with E-state index in [1.807, 2.05) is 12.1 Å². The van der Waals surface area contributed by atoms with Crippen LogP contribution in [0.2, 0.25) is 10.0 Å². The zero-order valence-electron chi connectivity index (χ0n) is 9.34. The summed E-state index contributed by atoms with van der Waals surface area (Å²) in [6.07, 6.45) is 3.23. The zero-order chi connectivity index (χ0) is 11.8. The van der Waals surface area contributed by atoms with Crippen LogP contribution in [0.4, 0.5) is 0 Å². The highest BCUT2D eigenvalue weighted by Gasteiger charge is 2.15. The Morgan fingerprint density at radius 1 is 0.824 bits per heavy atom. The van der Waals surface area contributed by atoms with Crippen LogP contribution < -0.4 is 0 Å². The van der Waals surface area contributed by atoms with Gasteiger partial charge in [-0.1, -0.05) is 47.5 Å². The van der Waals surface area contributed by atoms with E-state index < -0.39 is 0 Å². The van der Waals surface area contributed by atoms with E-state index in [4.69, 9.17) is 23.2 Å². The van der Waals surface area contributed by atoms with Crippen molar-refractivity contribution < 1.29 is 0 Å². The van der Waals surface area contributed by atoms with Gasteiger partial charge in [0.15, 0.2) is 0 Å². The van der Waals surface area contributed by atoms with Crippen molar-refractivity contribution in [2.75, 3.05) is 0 Å². The van der Waals surface area contributed by atoms with Gasteiger partial charge in [-0.3, -0.25) is 0 Å². The van der Waals surface area contributed by atoms with Crippen molar-refractivity contribution in [3.8, 4) is 11.1 Å². The van der Waals surface area contributed by atoms with Gasteiger partial charge in [0.25, 0.3) is 0 Å². The van der Waals surface area contributed by atoms with Crippen LogP contribution in [0, 0.1) is 0 Å². The Balaban J connectivity index is 2.33. The van der Waals surface area contributed by atoms with Crippen LogP contribution in [-0.4, -0.2) is 0 Å². The van der Waals surface area contributed by atoms with Crippen LogP contribution in [0.3, 0.4) is 0 Å². The molecular weight excluding hydrogens is 251 g/mol. The summed E-state index contributed by atoms with van der Waals surface area (Å²) in [5.41, 5.74) is 4.83. The number of hydrogen-bond donors (Lipinski definition) is 0. The average molecular weight is 263 g/mol. The molecule has 2 aromatic carbocycles. The number of halogens is 2. The number of hydrogen-bond acceptors (Lipinski definition) is 0. The summed E-state index contributed by atoms with van der Waals surface area (Å²) in [6, 6.07) is 12.4. The van der Waals surface area contributed by atoms with Gasteiger partial charge in [0.05, 0.1) is 5.02 Å². The Hall–Kier alpha value is -0.980. The first-order valence-electron chi connectivity index (χ1n) is 5.82. The molecule has 1 aliphatic carbocycles. The maximum absolute atomic E-state index is 6.46. The number of rotatable bonds is 0. The molecule has 86 valence electrons. The molecule has 0 N–H and O–H groups in total. The molecule has 0 spiro atoms. The van der Waals surface area contributed by atoms with Gasteiger partial charge in [-0.15, -0.1) is 0 Å². The fourth-order valence-electron chi connectivity index (χ4n) is 2.49. The molecular formula is C15H12Cl2. The fraction of sp³-hybridized carbons (Fsp3) is 0.200. The van der Waals surface area contributed by atoms with Crippen molar-refractivity contribution in [1.29, 1.82) is 0 Å². The Bertz CT molecular complexity index is 573. The lowest BCUT2D eigenvalue weighted by Gasteiger charge is -2.17. The minimum atomic E-state index is 0.774. The van der Waals surface area contributed by atoms with E-state index in [-0.39, 0.29) is 0 Å². The highest BCUT2D eigenvalue weighted by Crippen LogP contribution is 2.38. The molecule has 0 saturated heterocycles. The van der Waals surface area contributed by atoms with Crippen LogP contribution in [0.1, 0.15) is 17.5 Å². The van der Waals surface area contributed by atoms with Gasteiger partial charge < -0.3 is 0 Å². The summed E-state index contributed by atoms with van der Waals surface area (Å²) in [6.45, 7) is 0. The Morgan fingerprint density at radius 2 is 1.59 bits per heavy atom. The van der Waals surface area contributed by atoms with Crippen molar-refractivity contribution in [2.24, 2.45) is 0 Å². The molecule has 2 bridgehead atoms. The first kappa shape index (κ1) is 11.1. The predicted octanol–water partition coefficient (Wildman–Crippen LogP) is 5.15. The van der Waals surface area contributed by atoms with Crippen molar-refractivity contribution in [3.63, 3.8) is 0 Å². The molecule has 0 amide bonds. The smallest absolute Gasteiger partial charge is 0.0517 e. The van der Waals surface area contributed by atoms with E-state index in [0.29, 0.717) is 0 Å². The Kier molecular flexibility index (Phi) is 2.85. The molecule has 0 aromatic heterocycles. The van der Waals surface area contributed by atoms with Gasteiger partial charge in [-0.05, 0) is 48.1 Å². The second kappa shape index (κ2) is 4.36. The topological polar surface area (TPSA) is 0 Å². The second-order valence-corrected chi connectivity index (χ2v) is 5.25. The molecule has 0 nitrogen and oxygen atoms in total. The van der Waals surface area contributed by atoms with Gasteiger partial charge in [0.2, 0.25) is 0 Å². The maximum atomic E-state index is 6.46. The van der Waals surface area contributed by atoms with E-state index in [9.17, 15) is 0 Å². The second-order valence-electron chi connectivity index (χ2n) is 4.44. The van der Waals surface area contributed by atoms with Crippen molar-refractivity contribution >= 4 is 23.2 Å². The lowest BCUT2D eigenvalue weighted by Crippen LogP contribution is -1.99. The third-order valence-electron chi connectivity index (χ3n) is 3.31. The summed E-state index contributed by atoms with van der Waals surface area (Å²) < 4.78 is 0. The molecule has 1 aliphatic rings. The summed E-state index contributed by atoms with van der Waals surface area (Å²) >= 11 is 12.6. The minimum absolute atomic E-state index is 0.774. The van der Waals surface area contributed by atoms with Crippen LogP contribution in [-0.2, 0) is 12.8 Å². The van der Waals surface area contributed by atoms with Gasteiger partial charge in [0.1, 0.15) is 0 Å². The number of aryl methyl sites for hydroxylation is 2. The summed E-state index contributed by atoms with van der Waals surface area (Å²) in [4.78, 5) is 0. The lowest BCUT2D eigenvalue weighted by atomic mass is 9.90. The highest BCUT2D eigenvalue weighted by atomic mass is 35.5. The summed E-state index contributed by atoms with van der Waals surface area (Å²) in [5, 5.41) is 1.64. The summed E-state index contributed by atoms with van der Waals surface area (Å²) in [7, 11) is 0. The molecule has 17 heavy (non-hydrogen) atoms. The Labute approximate surface area is 111 Å². The van der Waals surface area contributed by atoms with E-state index in [2.05, 4.69) is 24.3 Å².